The fraction of sp³-hybridized carbons (Fsp3) is 1.00. The molecule has 3 rings (SSSR count). The zero-order chi connectivity index (χ0) is 7.42. The number of hydrogen-bond acceptors (Lipinski definition) is 1. The molecule has 0 unspecified atom stereocenters. The van der Waals surface area contributed by atoms with Gasteiger partial charge in [-0.2, -0.15) is 0 Å². The molecule has 0 aromatic rings. The van der Waals surface area contributed by atoms with Crippen LogP contribution >= 0.6 is 11.6 Å². The summed E-state index contributed by atoms with van der Waals surface area (Å²) in [5.41, 5.74) is 0. The van der Waals surface area contributed by atoms with Gasteiger partial charge in [0.25, 0.3) is 0 Å². The normalized spacial score (nSPS) is 60.3. The first kappa shape index (κ1) is 6.73. The van der Waals surface area contributed by atoms with Gasteiger partial charge in [0.15, 0.2) is 0 Å². The monoisotopic (exact) mass is 171 g/mol. The van der Waals surface area contributed by atoms with Gasteiger partial charge in [-0.1, -0.05) is 0 Å². The zero-order valence-electron chi connectivity index (χ0n) is 6.59. The number of hydrogen-bond donors (Lipinski definition) is 1. The second-order valence-corrected chi connectivity index (χ2v) is 4.96. The Hall–Kier alpha value is 0.250. The number of nitrogens with one attached hydrogen (secondary N) is 1. The van der Waals surface area contributed by atoms with Crippen LogP contribution in [-0.2, 0) is 0 Å². The van der Waals surface area contributed by atoms with E-state index in [-0.39, 0.29) is 0 Å². The molecule has 1 nitrogen and oxygen atoms in total. The molecule has 0 radical (unpaired) electrons. The van der Waals surface area contributed by atoms with Crippen LogP contribution in [0, 0.1) is 23.7 Å². The number of rotatable bonds is 0. The topological polar surface area (TPSA) is 12.0 Å². The molecular weight excluding hydrogens is 158 g/mol. The van der Waals surface area contributed by atoms with E-state index in [0.29, 0.717) is 5.38 Å². The number of halogens is 1. The average Bonchev–Trinajstić information content (AvgIpc) is 2.52. The van der Waals surface area contributed by atoms with Gasteiger partial charge in [0.2, 0.25) is 0 Å². The molecule has 1 aliphatic heterocycles. The van der Waals surface area contributed by atoms with Gasteiger partial charge >= 0.3 is 0 Å². The highest BCUT2D eigenvalue weighted by Crippen LogP contribution is 2.55. The van der Waals surface area contributed by atoms with E-state index >= 15 is 0 Å². The first-order chi connectivity index (χ1) is 5.36. The van der Waals surface area contributed by atoms with Crippen LogP contribution in [-0.4, -0.2) is 18.5 Å². The summed E-state index contributed by atoms with van der Waals surface area (Å²) in [4.78, 5) is 0. The van der Waals surface area contributed by atoms with Crippen molar-refractivity contribution in [3.05, 3.63) is 0 Å². The van der Waals surface area contributed by atoms with Crippen LogP contribution in [0.25, 0.3) is 0 Å². The third-order valence-corrected chi connectivity index (χ3v) is 4.53. The summed E-state index contributed by atoms with van der Waals surface area (Å²) >= 11 is 6.25. The van der Waals surface area contributed by atoms with Crippen LogP contribution in [0.2, 0.25) is 0 Å². The third-order valence-electron chi connectivity index (χ3n) is 4.03. The van der Waals surface area contributed by atoms with Crippen molar-refractivity contribution in [1.82, 2.24) is 5.32 Å². The molecule has 2 aliphatic carbocycles. The van der Waals surface area contributed by atoms with Gasteiger partial charge in [0, 0.05) is 5.38 Å². The molecule has 5 atom stereocenters. The van der Waals surface area contributed by atoms with Crippen molar-refractivity contribution in [2.24, 2.45) is 23.7 Å². The van der Waals surface area contributed by atoms with Crippen LogP contribution in [0.15, 0.2) is 0 Å². The Bertz CT molecular complexity index is 182. The Kier molecular flexibility index (Phi) is 1.31. The maximum Gasteiger partial charge on any atom is 0.0370 e. The SMILES string of the molecule is Cl[C@@H]1C[C@H]2C[C@H]1[C@H]1CNC[C@H]21. The Morgan fingerprint density at radius 2 is 1.82 bits per heavy atom. The predicted octanol–water partition coefficient (Wildman–Crippen LogP) is 1.47. The zero-order valence-corrected chi connectivity index (χ0v) is 7.35. The molecule has 2 saturated carbocycles. The van der Waals surface area contributed by atoms with E-state index in [2.05, 4.69) is 5.32 Å². The summed E-state index contributed by atoms with van der Waals surface area (Å²) in [5, 5.41) is 4.00. The molecule has 1 N–H and O–H groups in total. The lowest BCUT2D eigenvalue weighted by Crippen LogP contribution is -2.27. The molecule has 0 spiro atoms. The summed E-state index contributed by atoms with van der Waals surface area (Å²) < 4.78 is 0. The van der Waals surface area contributed by atoms with Gasteiger partial charge in [-0.3, -0.25) is 0 Å². The van der Waals surface area contributed by atoms with Crippen LogP contribution in [0.3, 0.4) is 0 Å². The Balaban J connectivity index is 1.90. The van der Waals surface area contributed by atoms with Crippen molar-refractivity contribution in [1.29, 1.82) is 0 Å². The van der Waals surface area contributed by atoms with Crippen molar-refractivity contribution in [2.75, 3.05) is 13.1 Å². The molecule has 0 aromatic carbocycles. The second-order valence-electron chi connectivity index (χ2n) is 4.40. The van der Waals surface area contributed by atoms with Crippen LogP contribution < -0.4 is 5.32 Å². The quantitative estimate of drug-likeness (QED) is 0.545. The lowest BCUT2D eigenvalue weighted by atomic mass is 9.82. The maximum absolute atomic E-state index is 6.25. The van der Waals surface area contributed by atoms with Gasteiger partial charge in [-0.25, -0.2) is 0 Å². The Labute approximate surface area is 72.5 Å². The van der Waals surface area contributed by atoms with Gasteiger partial charge in [-0.15, -0.1) is 11.6 Å². The van der Waals surface area contributed by atoms with Gasteiger partial charge in [0.1, 0.15) is 0 Å². The van der Waals surface area contributed by atoms with E-state index in [9.17, 15) is 0 Å². The minimum atomic E-state index is 0.515. The van der Waals surface area contributed by atoms with Crippen LogP contribution in [0.5, 0.6) is 0 Å². The molecule has 0 aromatic heterocycles. The molecule has 1 heterocycles. The van der Waals surface area contributed by atoms with Crippen molar-refractivity contribution in [2.45, 2.75) is 18.2 Å². The van der Waals surface area contributed by atoms with E-state index in [0.717, 1.165) is 23.7 Å². The van der Waals surface area contributed by atoms with E-state index in [4.69, 9.17) is 11.6 Å². The highest BCUT2D eigenvalue weighted by atomic mass is 35.5. The summed E-state index contributed by atoms with van der Waals surface area (Å²) in [6.07, 6.45) is 2.74. The molecule has 2 bridgehead atoms. The fourth-order valence-electron chi connectivity index (χ4n) is 3.55. The summed E-state index contributed by atoms with van der Waals surface area (Å²) in [6, 6.07) is 0. The lowest BCUT2D eigenvalue weighted by molar-refractivity contribution is 0.285. The largest absolute Gasteiger partial charge is 0.316 e. The summed E-state index contributed by atoms with van der Waals surface area (Å²) in [7, 11) is 0. The minimum absolute atomic E-state index is 0.515. The molecule has 1 saturated heterocycles. The standard InChI is InChI=1S/C9H14ClN/c10-9-2-5-1-6(9)8-4-11-3-7(5)8/h5-9,11H,1-4H2/t5-,6+,7-,8-,9-/m1/s1. The van der Waals surface area contributed by atoms with E-state index in [1.807, 2.05) is 0 Å². The lowest BCUT2D eigenvalue weighted by Gasteiger charge is -2.26. The van der Waals surface area contributed by atoms with Gasteiger partial charge in [-0.05, 0) is 49.6 Å². The van der Waals surface area contributed by atoms with Crippen molar-refractivity contribution < 1.29 is 0 Å². The minimum Gasteiger partial charge on any atom is -0.316 e. The second kappa shape index (κ2) is 2.14. The number of alkyl halides is 1. The summed E-state index contributed by atoms with van der Waals surface area (Å²) in [6.45, 7) is 2.52. The van der Waals surface area contributed by atoms with Crippen LogP contribution in [0.1, 0.15) is 12.8 Å². The van der Waals surface area contributed by atoms with Gasteiger partial charge in [0.05, 0.1) is 0 Å². The molecular formula is C9H14ClN. The Morgan fingerprint density at radius 1 is 1.00 bits per heavy atom. The molecule has 11 heavy (non-hydrogen) atoms. The summed E-state index contributed by atoms with van der Waals surface area (Å²) in [5.74, 6) is 3.77. The molecule has 3 fully saturated rings. The van der Waals surface area contributed by atoms with E-state index in [1.165, 1.54) is 25.9 Å². The van der Waals surface area contributed by atoms with Crippen molar-refractivity contribution in [3.63, 3.8) is 0 Å². The maximum atomic E-state index is 6.25. The highest BCUT2D eigenvalue weighted by Gasteiger charge is 2.53. The Morgan fingerprint density at radius 3 is 2.73 bits per heavy atom. The van der Waals surface area contributed by atoms with Crippen LogP contribution in [0.4, 0.5) is 0 Å². The van der Waals surface area contributed by atoms with E-state index < -0.39 is 0 Å². The fourth-order valence-corrected chi connectivity index (χ4v) is 4.07. The predicted molar refractivity (Wildman–Crippen MR) is 45.7 cm³/mol. The smallest absolute Gasteiger partial charge is 0.0370 e. The highest BCUT2D eigenvalue weighted by molar-refractivity contribution is 6.21. The van der Waals surface area contributed by atoms with Crippen molar-refractivity contribution in [3.8, 4) is 0 Å². The number of fused-ring (bicyclic) bond motifs is 5. The first-order valence-corrected chi connectivity index (χ1v) is 5.14. The third kappa shape index (κ3) is 0.762. The van der Waals surface area contributed by atoms with Gasteiger partial charge < -0.3 is 5.32 Å². The average molecular weight is 172 g/mol. The van der Waals surface area contributed by atoms with Crippen molar-refractivity contribution >= 4 is 11.6 Å². The van der Waals surface area contributed by atoms with E-state index in [1.54, 1.807) is 0 Å². The molecule has 62 valence electrons. The first-order valence-electron chi connectivity index (χ1n) is 4.71. The molecule has 0 amide bonds. The molecule has 2 heteroatoms. The molecule has 3 aliphatic rings.